The van der Waals surface area contributed by atoms with Gasteiger partial charge in [0.2, 0.25) is 0 Å². The van der Waals surface area contributed by atoms with Gasteiger partial charge in [0.15, 0.2) is 6.10 Å². The highest BCUT2D eigenvalue weighted by atomic mass is 16.7. The van der Waals surface area contributed by atoms with E-state index in [4.69, 9.17) is 9.15 Å². The summed E-state index contributed by atoms with van der Waals surface area (Å²) in [6, 6.07) is 3.46. The van der Waals surface area contributed by atoms with E-state index in [1.165, 1.54) is 13.4 Å². The van der Waals surface area contributed by atoms with Crippen molar-refractivity contribution in [2.75, 3.05) is 7.11 Å². The Morgan fingerprint density at radius 1 is 1.67 bits per heavy atom. The summed E-state index contributed by atoms with van der Waals surface area (Å²) < 4.78 is 14.1. The number of hydrogen-bond donors (Lipinski definition) is 0. The molecule has 0 aromatic carbocycles. The average molecular weight is 170 g/mol. The molecule has 1 unspecified atom stereocenters. The fourth-order valence-corrected chi connectivity index (χ4v) is 0.773. The number of methoxy groups -OCH3 is 1. The lowest BCUT2D eigenvalue weighted by atomic mass is 10.3. The molecule has 4 nitrogen and oxygen atoms in total. The van der Waals surface area contributed by atoms with Gasteiger partial charge in [0.25, 0.3) is 0 Å². The molecule has 4 heteroatoms. The summed E-state index contributed by atoms with van der Waals surface area (Å²) in [5.74, 6) is 0.598. The van der Waals surface area contributed by atoms with Gasteiger partial charge >= 0.3 is 6.16 Å². The van der Waals surface area contributed by atoms with E-state index in [1.807, 2.05) is 0 Å². The van der Waals surface area contributed by atoms with Crippen molar-refractivity contribution >= 4 is 6.16 Å². The SMILES string of the molecule is COC(=O)OC(C)c1ccco1. The molecule has 0 amide bonds. The fourth-order valence-electron chi connectivity index (χ4n) is 0.773. The van der Waals surface area contributed by atoms with E-state index in [0.29, 0.717) is 5.76 Å². The summed E-state index contributed by atoms with van der Waals surface area (Å²) in [6.07, 6.45) is 0.401. The third kappa shape index (κ3) is 2.02. The van der Waals surface area contributed by atoms with Gasteiger partial charge in [0.1, 0.15) is 5.76 Å². The average Bonchev–Trinajstić information content (AvgIpc) is 2.56. The number of ether oxygens (including phenoxy) is 2. The van der Waals surface area contributed by atoms with E-state index >= 15 is 0 Å². The molecule has 0 aliphatic rings. The van der Waals surface area contributed by atoms with Gasteiger partial charge in [-0.3, -0.25) is 0 Å². The van der Waals surface area contributed by atoms with Crippen molar-refractivity contribution in [1.29, 1.82) is 0 Å². The number of furan rings is 1. The lowest BCUT2D eigenvalue weighted by molar-refractivity contribution is 0.0354. The molecule has 12 heavy (non-hydrogen) atoms. The molecular weight excluding hydrogens is 160 g/mol. The smallest absolute Gasteiger partial charge is 0.465 e. The third-order valence-electron chi connectivity index (χ3n) is 1.38. The van der Waals surface area contributed by atoms with Gasteiger partial charge in [-0.1, -0.05) is 0 Å². The van der Waals surface area contributed by atoms with E-state index in [1.54, 1.807) is 19.1 Å². The maximum Gasteiger partial charge on any atom is 0.508 e. The highest BCUT2D eigenvalue weighted by molar-refractivity contribution is 5.59. The van der Waals surface area contributed by atoms with Crippen LogP contribution in [0.15, 0.2) is 22.8 Å². The Labute approximate surface area is 70.1 Å². The van der Waals surface area contributed by atoms with Gasteiger partial charge < -0.3 is 13.9 Å². The van der Waals surface area contributed by atoms with Gasteiger partial charge in [-0.15, -0.1) is 0 Å². The molecule has 0 saturated carbocycles. The predicted molar refractivity (Wildman–Crippen MR) is 40.6 cm³/mol. The van der Waals surface area contributed by atoms with Crippen LogP contribution in [0.4, 0.5) is 4.79 Å². The summed E-state index contributed by atoms with van der Waals surface area (Å²) in [4.78, 5) is 10.6. The van der Waals surface area contributed by atoms with Crippen molar-refractivity contribution < 1.29 is 18.7 Å². The van der Waals surface area contributed by atoms with Crippen LogP contribution >= 0.6 is 0 Å². The van der Waals surface area contributed by atoms with Crippen LogP contribution in [0.2, 0.25) is 0 Å². The molecular formula is C8H10O4. The Morgan fingerprint density at radius 2 is 2.42 bits per heavy atom. The van der Waals surface area contributed by atoms with Crippen LogP contribution in [0.1, 0.15) is 18.8 Å². The van der Waals surface area contributed by atoms with Crippen LogP contribution in [0.5, 0.6) is 0 Å². The lowest BCUT2D eigenvalue weighted by Crippen LogP contribution is -2.07. The molecule has 1 rings (SSSR count). The van der Waals surface area contributed by atoms with Crippen molar-refractivity contribution in [3.63, 3.8) is 0 Å². The Bertz CT molecular complexity index is 240. The zero-order valence-electron chi connectivity index (χ0n) is 6.94. The zero-order valence-corrected chi connectivity index (χ0v) is 6.94. The van der Waals surface area contributed by atoms with Gasteiger partial charge in [-0.2, -0.15) is 0 Å². The van der Waals surface area contributed by atoms with Crippen LogP contribution in [0.25, 0.3) is 0 Å². The molecule has 0 radical (unpaired) electrons. The summed E-state index contributed by atoms with van der Waals surface area (Å²) in [5.41, 5.74) is 0. The Hall–Kier alpha value is -1.45. The minimum Gasteiger partial charge on any atom is -0.465 e. The van der Waals surface area contributed by atoms with Crippen molar-refractivity contribution in [3.05, 3.63) is 24.2 Å². The van der Waals surface area contributed by atoms with Crippen molar-refractivity contribution in [3.8, 4) is 0 Å². The van der Waals surface area contributed by atoms with Crippen LogP contribution in [-0.4, -0.2) is 13.3 Å². The summed E-state index contributed by atoms with van der Waals surface area (Å²) in [7, 11) is 1.26. The lowest BCUT2D eigenvalue weighted by Gasteiger charge is -2.08. The van der Waals surface area contributed by atoms with Crippen molar-refractivity contribution in [2.45, 2.75) is 13.0 Å². The van der Waals surface area contributed by atoms with Gasteiger partial charge in [0.05, 0.1) is 13.4 Å². The first-order chi connectivity index (χ1) is 5.74. The van der Waals surface area contributed by atoms with E-state index in [9.17, 15) is 4.79 Å². The molecule has 0 bridgehead atoms. The number of rotatable bonds is 2. The molecule has 66 valence electrons. The second kappa shape index (κ2) is 3.80. The summed E-state index contributed by atoms with van der Waals surface area (Å²) >= 11 is 0. The van der Waals surface area contributed by atoms with E-state index in [0.717, 1.165) is 0 Å². The third-order valence-corrected chi connectivity index (χ3v) is 1.38. The molecule has 1 heterocycles. The molecule has 0 fully saturated rings. The van der Waals surface area contributed by atoms with E-state index in [-0.39, 0.29) is 0 Å². The van der Waals surface area contributed by atoms with Gasteiger partial charge in [-0.25, -0.2) is 4.79 Å². The predicted octanol–water partition coefficient (Wildman–Crippen LogP) is 2.12. The fraction of sp³-hybridized carbons (Fsp3) is 0.375. The number of hydrogen-bond acceptors (Lipinski definition) is 4. The maximum absolute atomic E-state index is 10.6. The second-order valence-corrected chi connectivity index (χ2v) is 2.23. The molecule has 0 aliphatic heterocycles. The standard InChI is InChI=1S/C8H10O4/c1-6(12-8(9)10-2)7-4-3-5-11-7/h3-6H,1-2H3. The number of carbonyl (C=O) groups excluding carboxylic acids is 1. The first-order valence-corrected chi connectivity index (χ1v) is 3.52. The highest BCUT2D eigenvalue weighted by Gasteiger charge is 2.13. The van der Waals surface area contributed by atoms with Gasteiger partial charge in [-0.05, 0) is 19.1 Å². The Morgan fingerprint density at radius 3 is 2.92 bits per heavy atom. The van der Waals surface area contributed by atoms with Crippen LogP contribution < -0.4 is 0 Å². The molecule has 0 saturated heterocycles. The first kappa shape index (κ1) is 8.64. The first-order valence-electron chi connectivity index (χ1n) is 3.52. The summed E-state index contributed by atoms with van der Waals surface area (Å²) in [6.45, 7) is 1.70. The van der Waals surface area contributed by atoms with Crippen LogP contribution in [0, 0.1) is 0 Å². The Balaban J connectivity index is 2.49. The second-order valence-electron chi connectivity index (χ2n) is 2.23. The minimum atomic E-state index is -0.709. The quantitative estimate of drug-likeness (QED) is 0.638. The Kier molecular flexibility index (Phi) is 2.74. The van der Waals surface area contributed by atoms with Crippen molar-refractivity contribution in [2.24, 2.45) is 0 Å². The van der Waals surface area contributed by atoms with Crippen LogP contribution in [-0.2, 0) is 9.47 Å². The molecule has 0 N–H and O–H groups in total. The van der Waals surface area contributed by atoms with Crippen molar-refractivity contribution in [1.82, 2.24) is 0 Å². The number of carbonyl (C=O) groups is 1. The highest BCUT2D eigenvalue weighted by Crippen LogP contribution is 2.16. The topological polar surface area (TPSA) is 48.7 Å². The van der Waals surface area contributed by atoms with E-state index < -0.39 is 12.3 Å². The summed E-state index contributed by atoms with van der Waals surface area (Å²) in [5, 5.41) is 0. The van der Waals surface area contributed by atoms with E-state index in [2.05, 4.69) is 4.74 Å². The van der Waals surface area contributed by atoms with Crippen LogP contribution in [0.3, 0.4) is 0 Å². The maximum atomic E-state index is 10.6. The molecule has 0 aliphatic carbocycles. The normalized spacial score (nSPS) is 12.2. The monoisotopic (exact) mass is 170 g/mol. The molecule has 1 aromatic rings. The molecule has 1 atom stereocenters. The molecule has 0 spiro atoms. The minimum absolute atomic E-state index is 0.410. The van der Waals surface area contributed by atoms with Gasteiger partial charge in [0, 0.05) is 0 Å². The molecule has 1 aromatic heterocycles. The largest absolute Gasteiger partial charge is 0.508 e. The zero-order chi connectivity index (χ0) is 8.97.